The third-order valence-corrected chi connectivity index (χ3v) is 4.22. The Kier molecular flexibility index (Phi) is 6.94. The monoisotopic (exact) mass is 384 g/mol. The van der Waals surface area contributed by atoms with E-state index in [1.54, 1.807) is 32.0 Å². The Morgan fingerprint density at radius 1 is 1.27 bits per heavy atom. The van der Waals surface area contributed by atoms with Crippen molar-refractivity contribution in [3.63, 3.8) is 0 Å². The third-order valence-electron chi connectivity index (χ3n) is 3.81. The van der Waals surface area contributed by atoms with Crippen molar-refractivity contribution >= 4 is 17.6 Å². The van der Waals surface area contributed by atoms with E-state index >= 15 is 0 Å². The Balaban J connectivity index is 2.35. The summed E-state index contributed by atoms with van der Waals surface area (Å²) >= 11 is 6.02. The first-order valence-corrected chi connectivity index (χ1v) is 8.38. The molecule has 2 aromatic carbocycles. The van der Waals surface area contributed by atoms with Crippen LogP contribution in [-0.2, 0) is 18.0 Å². The molecule has 2 rings (SSSR count). The summed E-state index contributed by atoms with van der Waals surface area (Å²) in [6.07, 6.45) is -2.56. The first-order chi connectivity index (χ1) is 12.4. The molecular weight excluding hydrogens is 366 g/mol. The summed E-state index contributed by atoms with van der Waals surface area (Å²) < 4.78 is 37.3. The predicted molar refractivity (Wildman–Crippen MR) is 93.8 cm³/mol. The molecule has 0 atom stereocenters. The molecule has 0 fully saturated rings. The van der Waals surface area contributed by atoms with Crippen molar-refractivity contribution in [2.24, 2.45) is 0 Å². The molecule has 0 heterocycles. The lowest BCUT2D eigenvalue weighted by atomic mass is 10.1. The number of aryl methyl sites for hydroxylation is 1. The molecule has 0 spiro atoms. The molecule has 26 heavy (non-hydrogen) atoms. The van der Waals surface area contributed by atoms with E-state index in [9.17, 15) is 18.7 Å². The van der Waals surface area contributed by atoms with Crippen molar-refractivity contribution in [1.29, 1.82) is 0 Å². The van der Waals surface area contributed by atoms with Crippen molar-refractivity contribution < 1.29 is 28.2 Å². The topological polar surface area (TPSA) is 55.8 Å². The summed E-state index contributed by atoms with van der Waals surface area (Å²) in [4.78, 5) is 11.6. The quantitative estimate of drug-likeness (QED) is 0.540. The van der Waals surface area contributed by atoms with Crippen LogP contribution >= 0.6 is 11.6 Å². The maximum Gasteiger partial charge on any atom is 0.310 e. The van der Waals surface area contributed by atoms with Gasteiger partial charge in [0.15, 0.2) is 0 Å². The lowest BCUT2D eigenvalue weighted by Crippen LogP contribution is -2.11. The Morgan fingerprint density at radius 3 is 2.62 bits per heavy atom. The van der Waals surface area contributed by atoms with Gasteiger partial charge < -0.3 is 14.6 Å². The average molecular weight is 385 g/mol. The second-order valence-corrected chi connectivity index (χ2v) is 6.02. The number of hydrogen-bond donors (Lipinski definition) is 1. The van der Waals surface area contributed by atoms with E-state index in [1.165, 1.54) is 12.1 Å². The highest BCUT2D eigenvalue weighted by molar-refractivity contribution is 6.31. The third kappa shape index (κ3) is 4.71. The highest BCUT2D eigenvalue weighted by atomic mass is 35.5. The number of alkyl halides is 2. The van der Waals surface area contributed by atoms with Crippen LogP contribution in [0.25, 0.3) is 0 Å². The first-order valence-electron chi connectivity index (χ1n) is 8.00. The molecule has 0 bridgehead atoms. The number of carbonyl (C=O) groups excluding carboxylic acids is 1. The SMILES string of the molecule is CCC(=O)Oc1cccc(CO)c1COc1cc(Cl)c(C)cc1C(F)F. The number of ether oxygens (including phenoxy) is 2. The molecule has 0 amide bonds. The summed E-state index contributed by atoms with van der Waals surface area (Å²) in [5, 5.41) is 9.82. The lowest BCUT2D eigenvalue weighted by Gasteiger charge is -2.17. The summed E-state index contributed by atoms with van der Waals surface area (Å²) in [5.74, 6) is -0.288. The number of hydrogen-bond acceptors (Lipinski definition) is 4. The second-order valence-electron chi connectivity index (χ2n) is 5.61. The molecule has 1 N–H and O–H groups in total. The lowest BCUT2D eigenvalue weighted by molar-refractivity contribution is -0.134. The largest absolute Gasteiger partial charge is 0.488 e. The normalized spacial score (nSPS) is 10.9. The van der Waals surface area contributed by atoms with E-state index in [0.717, 1.165) is 0 Å². The molecule has 2 aromatic rings. The zero-order valence-electron chi connectivity index (χ0n) is 14.4. The summed E-state index contributed by atoms with van der Waals surface area (Å²) in [6, 6.07) is 7.43. The molecule has 0 radical (unpaired) electrons. The van der Waals surface area contributed by atoms with Gasteiger partial charge in [0.05, 0.1) is 12.2 Å². The number of aliphatic hydroxyl groups excluding tert-OH is 1. The first kappa shape index (κ1) is 20.1. The van der Waals surface area contributed by atoms with Crippen LogP contribution in [-0.4, -0.2) is 11.1 Å². The van der Waals surface area contributed by atoms with E-state index in [0.29, 0.717) is 21.7 Å². The van der Waals surface area contributed by atoms with Crippen molar-refractivity contribution in [3.8, 4) is 11.5 Å². The molecule has 0 saturated carbocycles. The van der Waals surface area contributed by atoms with Gasteiger partial charge in [-0.05, 0) is 36.2 Å². The van der Waals surface area contributed by atoms with Gasteiger partial charge in [0.1, 0.15) is 18.1 Å². The Morgan fingerprint density at radius 2 is 2.00 bits per heavy atom. The van der Waals surface area contributed by atoms with Crippen LogP contribution in [0.3, 0.4) is 0 Å². The second kappa shape index (κ2) is 8.96. The van der Waals surface area contributed by atoms with E-state index in [4.69, 9.17) is 21.1 Å². The Labute approximate surface area is 155 Å². The smallest absolute Gasteiger partial charge is 0.310 e. The van der Waals surface area contributed by atoms with E-state index in [-0.39, 0.29) is 36.7 Å². The number of benzene rings is 2. The molecule has 4 nitrogen and oxygen atoms in total. The fourth-order valence-electron chi connectivity index (χ4n) is 2.34. The van der Waals surface area contributed by atoms with Gasteiger partial charge in [-0.1, -0.05) is 30.7 Å². The number of rotatable bonds is 7. The Bertz CT molecular complexity index is 793. The van der Waals surface area contributed by atoms with Gasteiger partial charge in [0, 0.05) is 17.0 Å². The molecule has 140 valence electrons. The molecule has 0 aliphatic rings. The maximum atomic E-state index is 13.3. The minimum absolute atomic E-state index is 0.0592. The summed E-state index contributed by atoms with van der Waals surface area (Å²) in [7, 11) is 0. The number of aliphatic hydroxyl groups is 1. The van der Waals surface area contributed by atoms with Crippen LogP contribution in [0, 0.1) is 6.92 Å². The van der Waals surface area contributed by atoms with Crippen molar-refractivity contribution in [1.82, 2.24) is 0 Å². The van der Waals surface area contributed by atoms with Gasteiger partial charge in [0.25, 0.3) is 6.43 Å². The van der Waals surface area contributed by atoms with Crippen molar-refractivity contribution in [3.05, 3.63) is 57.6 Å². The Hall–Kier alpha value is -2.18. The van der Waals surface area contributed by atoms with Crippen molar-refractivity contribution in [2.45, 2.75) is 39.9 Å². The molecule has 0 aromatic heterocycles. The molecular formula is C19H19ClF2O4. The molecule has 0 aliphatic heterocycles. The van der Waals surface area contributed by atoms with Crippen LogP contribution in [0.15, 0.2) is 30.3 Å². The highest BCUT2D eigenvalue weighted by Crippen LogP contribution is 2.35. The van der Waals surface area contributed by atoms with Gasteiger partial charge in [-0.25, -0.2) is 8.78 Å². The molecule has 0 aliphatic carbocycles. The van der Waals surface area contributed by atoms with Crippen LogP contribution in [0.4, 0.5) is 8.78 Å². The number of esters is 1. The highest BCUT2D eigenvalue weighted by Gasteiger charge is 2.18. The fourth-order valence-corrected chi connectivity index (χ4v) is 2.50. The minimum atomic E-state index is -2.73. The van der Waals surface area contributed by atoms with Crippen LogP contribution in [0.5, 0.6) is 11.5 Å². The fraction of sp³-hybridized carbons (Fsp3) is 0.316. The van der Waals surface area contributed by atoms with Gasteiger partial charge in [-0.2, -0.15) is 0 Å². The molecule has 7 heteroatoms. The van der Waals surface area contributed by atoms with Gasteiger partial charge in [-0.15, -0.1) is 0 Å². The van der Waals surface area contributed by atoms with Gasteiger partial charge >= 0.3 is 5.97 Å². The standard InChI is InChI=1S/C19H19ClF2O4/c1-3-18(24)26-16-6-4-5-12(9-23)14(16)10-25-17-8-15(20)11(2)7-13(17)19(21)22/h4-8,19,23H,3,9-10H2,1-2H3. The van der Waals surface area contributed by atoms with E-state index in [1.807, 2.05) is 0 Å². The zero-order chi connectivity index (χ0) is 19.3. The van der Waals surface area contributed by atoms with Crippen LogP contribution in [0.2, 0.25) is 5.02 Å². The minimum Gasteiger partial charge on any atom is -0.488 e. The molecule has 0 saturated heterocycles. The zero-order valence-corrected chi connectivity index (χ0v) is 15.1. The number of halogens is 3. The van der Waals surface area contributed by atoms with Crippen molar-refractivity contribution in [2.75, 3.05) is 0 Å². The molecule has 0 unspecified atom stereocenters. The average Bonchev–Trinajstić information content (AvgIpc) is 2.62. The predicted octanol–water partition coefficient (Wildman–Crippen LogP) is 4.97. The van der Waals surface area contributed by atoms with Gasteiger partial charge in [-0.3, -0.25) is 4.79 Å². The van der Waals surface area contributed by atoms with E-state index < -0.39 is 12.4 Å². The van der Waals surface area contributed by atoms with Gasteiger partial charge in [0.2, 0.25) is 0 Å². The summed E-state index contributed by atoms with van der Waals surface area (Å²) in [6.45, 7) is 2.80. The summed E-state index contributed by atoms with van der Waals surface area (Å²) in [5.41, 5.74) is 1.13. The van der Waals surface area contributed by atoms with E-state index in [2.05, 4.69) is 0 Å². The maximum absolute atomic E-state index is 13.3. The number of carbonyl (C=O) groups is 1. The van der Waals surface area contributed by atoms with Crippen LogP contribution in [0.1, 0.15) is 42.0 Å². The van der Waals surface area contributed by atoms with Crippen LogP contribution < -0.4 is 9.47 Å².